The molecule has 0 aliphatic rings. The molecular formula is C33H32ClFN2O2. The summed E-state index contributed by atoms with van der Waals surface area (Å²) >= 11 is 6.32. The number of carbonyl (C=O) groups excluding carboxylic acids is 1. The Labute approximate surface area is 233 Å². The second kappa shape index (κ2) is 11.8. The lowest BCUT2D eigenvalue weighted by atomic mass is 9.91. The van der Waals surface area contributed by atoms with Gasteiger partial charge in [0.25, 0.3) is 0 Å². The lowest BCUT2D eigenvalue weighted by molar-refractivity contribution is 0.00692. The van der Waals surface area contributed by atoms with E-state index in [0.717, 1.165) is 22.5 Å². The molecule has 3 aromatic carbocycles. The van der Waals surface area contributed by atoms with Crippen LogP contribution in [-0.2, 0) is 11.2 Å². The molecule has 1 aromatic heterocycles. The van der Waals surface area contributed by atoms with E-state index in [-0.39, 0.29) is 11.7 Å². The summed E-state index contributed by atoms with van der Waals surface area (Å²) in [6.07, 6.45) is 6.31. The van der Waals surface area contributed by atoms with Gasteiger partial charge in [0.05, 0.1) is 16.6 Å². The number of rotatable bonds is 8. The number of fused-ring (bicyclic) bond motifs is 1. The first-order valence-electron chi connectivity index (χ1n) is 12.8. The number of ether oxygens (including phenoxy) is 1. The van der Waals surface area contributed by atoms with Crippen LogP contribution in [0.4, 0.5) is 4.39 Å². The Morgan fingerprint density at radius 3 is 2.51 bits per heavy atom. The number of nitrogens with one attached hydrogen (secondary N) is 1. The SMILES string of the molecule is C=C/C(=C\C=C(/C)C(Cc1ccccc1)c1nc2ccc(F)cc2[nH]1)c1cc(Cl)ccc1C(=O)OC(C)(C)C. The van der Waals surface area contributed by atoms with Crippen LogP contribution in [0.2, 0.25) is 5.02 Å². The summed E-state index contributed by atoms with van der Waals surface area (Å²) in [5.74, 6) is -0.0988. The number of hydrogen-bond donors (Lipinski definition) is 1. The molecule has 0 bridgehead atoms. The highest BCUT2D eigenvalue weighted by molar-refractivity contribution is 6.31. The third kappa shape index (κ3) is 7.12. The molecule has 0 amide bonds. The molecule has 0 fully saturated rings. The van der Waals surface area contributed by atoms with E-state index < -0.39 is 11.6 Å². The molecule has 0 aliphatic carbocycles. The van der Waals surface area contributed by atoms with Gasteiger partial charge in [-0.1, -0.05) is 72.3 Å². The third-order valence-corrected chi connectivity index (χ3v) is 6.52. The topological polar surface area (TPSA) is 55.0 Å². The van der Waals surface area contributed by atoms with Gasteiger partial charge in [-0.05, 0) is 87.2 Å². The molecule has 4 nitrogen and oxygen atoms in total. The Morgan fingerprint density at radius 1 is 1.08 bits per heavy atom. The molecule has 4 rings (SSSR count). The summed E-state index contributed by atoms with van der Waals surface area (Å²) in [5.41, 5.74) is 4.67. The molecule has 0 radical (unpaired) electrons. The van der Waals surface area contributed by atoms with Gasteiger partial charge in [-0.2, -0.15) is 0 Å². The molecule has 0 saturated carbocycles. The number of aromatic amines is 1. The van der Waals surface area contributed by atoms with Gasteiger partial charge in [-0.15, -0.1) is 0 Å². The van der Waals surface area contributed by atoms with Crippen molar-refractivity contribution >= 4 is 34.2 Å². The third-order valence-electron chi connectivity index (χ3n) is 6.28. The van der Waals surface area contributed by atoms with E-state index in [1.807, 2.05) is 58.0 Å². The number of carbonyl (C=O) groups is 1. The average Bonchev–Trinajstić information content (AvgIpc) is 3.30. The molecule has 1 heterocycles. The molecule has 200 valence electrons. The van der Waals surface area contributed by atoms with E-state index in [4.69, 9.17) is 21.3 Å². The van der Waals surface area contributed by atoms with Crippen LogP contribution in [0.3, 0.4) is 0 Å². The van der Waals surface area contributed by atoms with Crippen molar-refractivity contribution in [1.82, 2.24) is 9.97 Å². The molecule has 0 aliphatic heterocycles. The van der Waals surface area contributed by atoms with Gasteiger partial charge in [0.2, 0.25) is 0 Å². The highest BCUT2D eigenvalue weighted by Crippen LogP contribution is 2.31. The van der Waals surface area contributed by atoms with Gasteiger partial charge in [0.15, 0.2) is 0 Å². The zero-order chi connectivity index (χ0) is 28.2. The molecular weight excluding hydrogens is 511 g/mol. The zero-order valence-corrected chi connectivity index (χ0v) is 23.4. The predicted molar refractivity (Wildman–Crippen MR) is 157 cm³/mol. The lowest BCUT2D eigenvalue weighted by Gasteiger charge is -2.21. The Hall–Kier alpha value is -3.96. The van der Waals surface area contributed by atoms with Gasteiger partial charge in [-0.3, -0.25) is 0 Å². The predicted octanol–water partition coefficient (Wildman–Crippen LogP) is 8.85. The number of H-pyrrole nitrogens is 1. The van der Waals surface area contributed by atoms with Crippen molar-refractivity contribution in [3.8, 4) is 0 Å². The Morgan fingerprint density at radius 2 is 1.82 bits per heavy atom. The maximum Gasteiger partial charge on any atom is 0.339 e. The Balaban J connectivity index is 1.75. The highest BCUT2D eigenvalue weighted by atomic mass is 35.5. The van der Waals surface area contributed by atoms with E-state index in [1.54, 1.807) is 30.3 Å². The van der Waals surface area contributed by atoms with Crippen LogP contribution in [0.5, 0.6) is 0 Å². The number of imidazole rings is 1. The summed E-state index contributed by atoms with van der Waals surface area (Å²) in [7, 11) is 0. The fourth-order valence-corrected chi connectivity index (χ4v) is 4.53. The number of benzene rings is 3. The van der Waals surface area contributed by atoms with Gasteiger partial charge in [0.1, 0.15) is 17.2 Å². The molecule has 1 atom stereocenters. The zero-order valence-electron chi connectivity index (χ0n) is 22.6. The van der Waals surface area contributed by atoms with Gasteiger partial charge in [0, 0.05) is 10.9 Å². The lowest BCUT2D eigenvalue weighted by Crippen LogP contribution is -2.24. The monoisotopic (exact) mass is 542 g/mol. The number of nitrogens with zero attached hydrogens (tertiary/aromatic N) is 1. The van der Waals surface area contributed by atoms with Crippen molar-refractivity contribution in [3.63, 3.8) is 0 Å². The first-order chi connectivity index (χ1) is 18.5. The van der Waals surface area contributed by atoms with Crippen LogP contribution in [0, 0.1) is 5.82 Å². The number of esters is 1. The number of halogens is 2. The number of hydrogen-bond acceptors (Lipinski definition) is 3. The Bertz CT molecular complexity index is 1560. The standard InChI is InChI=1S/C33H32ClFN2O2/c1-6-23(28-19-24(34)14-16-26(28)32(38)39-33(3,4)5)13-12-21(2)27(18-22-10-8-7-9-11-22)31-36-29-17-15-25(35)20-30(29)37-31/h6-17,19-20,27H,1,18H2,2-5H3,(H,36,37)/b21-12+,23-13+. The van der Waals surface area contributed by atoms with Crippen LogP contribution in [-0.4, -0.2) is 21.5 Å². The number of aromatic nitrogens is 2. The first-order valence-corrected chi connectivity index (χ1v) is 13.1. The molecule has 6 heteroatoms. The van der Waals surface area contributed by atoms with Gasteiger partial charge < -0.3 is 9.72 Å². The summed E-state index contributed by atoms with van der Waals surface area (Å²) in [6.45, 7) is 11.5. The van der Waals surface area contributed by atoms with E-state index in [9.17, 15) is 9.18 Å². The Kier molecular flexibility index (Phi) is 8.51. The first kappa shape index (κ1) is 28.1. The van der Waals surface area contributed by atoms with Crippen LogP contribution in [0.15, 0.2) is 97.1 Å². The minimum Gasteiger partial charge on any atom is -0.456 e. The second-order valence-corrected chi connectivity index (χ2v) is 10.9. The van der Waals surface area contributed by atoms with Crippen LogP contribution >= 0.6 is 11.6 Å². The minimum atomic E-state index is -0.636. The van der Waals surface area contributed by atoms with E-state index in [2.05, 4.69) is 23.7 Å². The summed E-state index contributed by atoms with van der Waals surface area (Å²) < 4.78 is 19.5. The summed E-state index contributed by atoms with van der Waals surface area (Å²) in [5, 5.41) is 0.502. The van der Waals surface area contributed by atoms with E-state index in [0.29, 0.717) is 33.6 Å². The van der Waals surface area contributed by atoms with Crippen molar-refractivity contribution in [2.75, 3.05) is 0 Å². The molecule has 0 spiro atoms. The maximum absolute atomic E-state index is 13.9. The molecule has 39 heavy (non-hydrogen) atoms. The number of allylic oxidation sites excluding steroid dienone is 5. The average molecular weight is 543 g/mol. The van der Waals surface area contributed by atoms with Crippen molar-refractivity contribution in [2.24, 2.45) is 0 Å². The van der Waals surface area contributed by atoms with E-state index in [1.165, 1.54) is 12.1 Å². The summed E-state index contributed by atoms with van der Waals surface area (Å²) in [6, 6.07) is 19.8. The van der Waals surface area contributed by atoms with Crippen LogP contribution in [0.1, 0.15) is 60.9 Å². The van der Waals surface area contributed by atoms with E-state index >= 15 is 0 Å². The van der Waals surface area contributed by atoms with Crippen molar-refractivity contribution in [1.29, 1.82) is 0 Å². The minimum absolute atomic E-state index is 0.102. The second-order valence-electron chi connectivity index (χ2n) is 10.5. The fraction of sp³-hybridized carbons (Fsp3) is 0.212. The summed E-state index contributed by atoms with van der Waals surface area (Å²) in [4.78, 5) is 21.1. The molecule has 0 saturated heterocycles. The smallest absolute Gasteiger partial charge is 0.339 e. The van der Waals surface area contributed by atoms with Crippen LogP contribution < -0.4 is 0 Å². The molecule has 1 N–H and O–H groups in total. The largest absolute Gasteiger partial charge is 0.456 e. The molecule has 1 unspecified atom stereocenters. The maximum atomic E-state index is 13.9. The molecule has 4 aromatic rings. The van der Waals surface area contributed by atoms with Crippen molar-refractivity contribution in [2.45, 2.75) is 45.6 Å². The quantitative estimate of drug-likeness (QED) is 0.179. The highest BCUT2D eigenvalue weighted by Gasteiger charge is 2.22. The van der Waals surface area contributed by atoms with Gasteiger partial charge >= 0.3 is 5.97 Å². The normalized spacial score (nSPS) is 13.4. The van der Waals surface area contributed by atoms with Crippen molar-refractivity contribution < 1.29 is 13.9 Å². The van der Waals surface area contributed by atoms with Gasteiger partial charge in [-0.25, -0.2) is 14.2 Å². The van der Waals surface area contributed by atoms with Crippen LogP contribution in [0.25, 0.3) is 16.6 Å². The van der Waals surface area contributed by atoms with Crippen molar-refractivity contribution in [3.05, 3.63) is 130 Å². The fourth-order valence-electron chi connectivity index (χ4n) is 4.36.